The number of benzene rings is 2. The topological polar surface area (TPSA) is 72.9 Å². The number of nitrogens with zero attached hydrogens (tertiary/aromatic N) is 2. The van der Waals surface area contributed by atoms with Gasteiger partial charge in [0.15, 0.2) is 0 Å². The fourth-order valence-electron chi connectivity index (χ4n) is 2.47. The summed E-state index contributed by atoms with van der Waals surface area (Å²) in [5.41, 5.74) is 8.65. The summed E-state index contributed by atoms with van der Waals surface area (Å²) in [5, 5.41) is 8.79. The molecule has 1 amide bonds. The van der Waals surface area contributed by atoms with Crippen molar-refractivity contribution in [3.8, 4) is 5.69 Å². The van der Waals surface area contributed by atoms with E-state index in [0.717, 1.165) is 17.6 Å². The summed E-state index contributed by atoms with van der Waals surface area (Å²) in [6.07, 6.45) is 1.91. The van der Waals surface area contributed by atoms with Gasteiger partial charge in [0.2, 0.25) is 0 Å². The molecule has 6 heteroatoms. The lowest BCUT2D eigenvalue weighted by Crippen LogP contribution is -2.21. The van der Waals surface area contributed by atoms with Crippen LogP contribution in [0.4, 0.5) is 0 Å². The summed E-state index contributed by atoms with van der Waals surface area (Å²) < 4.78 is 1.77. The van der Waals surface area contributed by atoms with E-state index < -0.39 is 5.91 Å². The Morgan fingerprint density at radius 2 is 1.92 bits per heavy atom. The third-order valence-electron chi connectivity index (χ3n) is 3.72. The normalized spacial score (nSPS) is 10.8. The van der Waals surface area contributed by atoms with Crippen molar-refractivity contribution in [1.29, 1.82) is 0 Å². The molecule has 0 aliphatic rings. The first kappa shape index (κ1) is 18.0. The van der Waals surface area contributed by atoms with Gasteiger partial charge >= 0.3 is 0 Å². The second kappa shape index (κ2) is 7.47. The van der Waals surface area contributed by atoms with E-state index in [9.17, 15) is 4.79 Å². The molecular weight excluding hydrogens is 324 g/mol. The Balaban J connectivity index is 0.00000208. The highest BCUT2D eigenvalue weighted by Crippen LogP contribution is 2.19. The molecule has 0 saturated heterocycles. The molecule has 3 aromatic rings. The Bertz CT molecular complexity index is 840. The van der Waals surface area contributed by atoms with Crippen LogP contribution in [0.3, 0.4) is 0 Å². The van der Waals surface area contributed by atoms with E-state index >= 15 is 0 Å². The molecule has 5 nitrogen and oxygen atoms in total. The van der Waals surface area contributed by atoms with Gasteiger partial charge in [0, 0.05) is 24.2 Å². The third-order valence-corrected chi connectivity index (χ3v) is 3.72. The number of halogens is 1. The van der Waals surface area contributed by atoms with Gasteiger partial charge in [-0.25, -0.2) is 4.68 Å². The average molecular weight is 345 g/mol. The first-order chi connectivity index (χ1) is 11.0. The number of fused-ring (bicyclic) bond motifs is 1. The molecule has 3 rings (SSSR count). The predicted molar refractivity (Wildman–Crippen MR) is 98.8 cm³/mol. The molecule has 0 aliphatic heterocycles. The number of primary amides is 1. The summed E-state index contributed by atoms with van der Waals surface area (Å²) in [5.74, 6) is -0.462. The maximum atomic E-state index is 11.5. The molecular formula is C18H21ClN4O. The number of carbonyl (C=O) groups is 1. The van der Waals surface area contributed by atoms with Crippen LogP contribution >= 0.6 is 12.4 Å². The maximum absolute atomic E-state index is 11.5. The molecule has 0 aliphatic carbocycles. The van der Waals surface area contributed by atoms with Crippen LogP contribution in [0.15, 0.2) is 48.7 Å². The number of nitrogens with one attached hydrogen (secondary N) is 1. The minimum Gasteiger partial charge on any atom is -0.366 e. The van der Waals surface area contributed by atoms with Gasteiger partial charge < -0.3 is 11.1 Å². The zero-order chi connectivity index (χ0) is 16.4. The highest BCUT2D eigenvalue weighted by atomic mass is 35.5. The lowest BCUT2D eigenvalue weighted by molar-refractivity contribution is 0.100. The first-order valence-electron chi connectivity index (χ1n) is 7.65. The van der Waals surface area contributed by atoms with Crippen LogP contribution in [0.25, 0.3) is 16.6 Å². The number of aromatic nitrogens is 2. The fourth-order valence-corrected chi connectivity index (χ4v) is 2.47. The summed E-state index contributed by atoms with van der Waals surface area (Å²) in [4.78, 5) is 11.5. The molecule has 24 heavy (non-hydrogen) atoms. The lowest BCUT2D eigenvalue weighted by atomic mass is 10.1. The molecule has 126 valence electrons. The van der Waals surface area contributed by atoms with Crippen molar-refractivity contribution in [2.75, 3.05) is 0 Å². The van der Waals surface area contributed by atoms with E-state index in [0.29, 0.717) is 17.1 Å². The molecule has 3 N–H and O–H groups in total. The highest BCUT2D eigenvalue weighted by molar-refractivity contribution is 6.04. The van der Waals surface area contributed by atoms with Crippen LogP contribution in [0.5, 0.6) is 0 Å². The standard InChI is InChI=1S/C18H20N4O.ClH/c1-12(2)20-10-13-6-8-15(9-7-13)22-11-14-4-3-5-16(18(19)23)17(14)21-22;/h3-9,11-12,20H,10H2,1-2H3,(H2,19,23);1H. The van der Waals surface area contributed by atoms with Crippen LogP contribution in [0.2, 0.25) is 0 Å². The predicted octanol–water partition coefficient (Wildman–Crippen LogP) is 3.04. The van der Waals surface area contributed by atoms with Crippen LogP contribution in [-0.2, 0) is 6.54 Å². The zero-order valence-electron chi connectivity index (χ0n) is 13.7. The molecule has 0 radical (unpaired) electrons. The van der Waals surface area contributed by atoms with Gasteiger partial charge in [0.05, 0.1) is 11.3 Å². The van der Waals surface area contributed by atoms with Crippen LogP contribution in [-0.4, -0.2) is 21.7 Å². The van der Waals surface area contributed by atoms with E-state index in [1.54, 1.807) is 10.7 Å². The molecule has 1 aromatic heterocycles. The summed E-state index contributed by atoms with van der Waals surface area (Å²) >= 11 is 0. The molecule has 2 aromatic carbocycles. The number of amides is 1. The minimum absolute atomic E-state index is 0. The van der Waals surface area contributed by atoms with E-state index in [-0.39, 0.29) is 12.4 Å². The van der Waals surface area contributed by atoms with Crippen LogP contribution < -0.4 is 11.1 Å². The van der Waals surface area contributed by atoms with E-state index in [1.807, 2.05) is 30.5 Å². The second-order valence-corrected chi connectivity index (χ2v) is 5.88. The number of hydrogen-bond donors (Lipinski definition) is 2. The zero-order valence-corrected chi connectivity index (χ0v) is 14.5. The van der Waals surface area contributed by atoms with E-state index in [2.05, 4.69) is 36.4 Å². The largest absolute Gasteiger partial charge is 0.366 e. The smallest absolute Gasteiger partial charge is 0.250 e. The molecule has 0 bridgehead atoms. The van der Waals surface area contributed by atoms with Crippen molar-refractivity contribution < 1.29 is 4.79 Å². The second-order valence-electron chi connectivity index (χ2n) is 5.88. The summed E-state index contributed by atoms with van der Waals surface area (Å²) in [6, 6.07) is 14.1. The van der Waals surface area contributed by atoms with Gasteiger partial charge in [-0.05, 0) is 23.8 Å². The third kappa shape index (κ3) is 3.75. The molecule has 0 unspecified atom stereocenters. The lowest BCUT2D eigenvalue weighted by Gasteiger charge is -2.08. The van der Waals surface area contributed by atoms with Crippen molar-refractivity contribution in [2.24, 2.45) is 5.73 Å². The van der Waals surface area contributed by atoms with E-state index in [4.69, 9.17) is 5.73 Å². The van der Waals surface area contributed by atoms with Crippen LogP contribution in [0, 0.1) is 0 Å². The van der Waals surface area contributed by atoms with Crippen molar-refractivity contribution in [3.63, 3.8) is 0 Å². The first-order valence-corrected chi connectivity index (χ1v) is 7.65. The number of carbonyl (C=O) groups excluding carboxylic acids is 1. The average Bonchev–Trinajstić information content (AvgIpc) is 2.97. The van der Waals surface area contributed by atoms with Crippen molar-refractivity contribution in [1.82, 2.24) is 15.1 Å². The summed E-state index contributed by atoms with van der Waals surface area (Å²) in [7, 11) is 0. The Morgan fingerprint density at radius 1 is 1.21 bits per heavy atom. The van der Waals surface area contributed by atoms with Gasteiger partial charge in [0.1, 0.15) is 5.52 Å². The number of hydrogen-bond acceptors (Lipinski definition) is 3. The van der Waals surface area contributed by atoms with Crippen molar-refractivity contribution in [2.45, 2.75) is 26.4 Å². The molecule has 0 fully saturated rings. The van der Waals surface area contributed by atoms with Crippen molar-refractivity contribution >= 4 is 29.2 Å². The minimum atomic E-state index is -0.462. The Hall–Kier alpha value is -2.37. The van der Waals surface area contributed by atoms with Gasteiger partial charge in [-0.15, -0.1) is 12.4 Å². The maximum Gasteiger partial charge on any atom is 0.250 e. The number of rotatable bonds is 5. The monoisotopic (exact) mass is 344 g/mol. The molecule has 1 heterocycles. The number of nitrogens with two attached hydrogens (primary N) is 1. The SMILES string of the molecule is CC(C)NCc1ccc(-n2cc3cccc(C(N)=O)c3n2)cc1.Cl. The van der Waals surface area contributed by atoms with E-state index in [1.165, 1.54) is 5.56 Å². The van der Waals surface area contributed by atoms with Gasteiger partial charge in [-0.3, -0.25) is 4.79 Å². The fraction of sp³-hybridized carbons (Fsp3) is 0.222. The molecule has 0 atom stereocenters. The Labute approximate surface area is 147 Å². The van der Waals surface area contributed by atoms with Crippen LogP contribution in [0.1, 0.15) is 29.8 Å². The Morgan fingerprint density at radius 3 is 2.54 bits per heavy atom. The molecule has 0 spiro atoms. The summed E-state index contributed by atoms with van der Waals surface area (Å²) in [6.45, 7) is 5.09. The molecule has 0 saturated carbocycles. The van der Waals surface area contributed by atoms with Gasteiger partial charge in [-0.2, -0.15) is 5.10 Å². The van der Waals surface area contributed by atoms with Gasteiger partial charge in [0.25, 0.3) is 5.91 Å². The van der Waals surface area contributed by atoms with Gasteiger partial charge in [-0.1, -0.05) is 38.1 Å². The Kier molecular flexibility index (Phi) is 5.59. The highest BCUT2D eigenvalue weighted by Gasteiger charge is 2.10. The van der Waals surface area contributed by atoms with Crippen molar-refractivity contribution in [3.05, 3.63) is 59.8 Å². The quantitative estimate of drug-likeness (QED) is 0.747.